The van der Waals surface area contributed by atoms with E-state index in [0.717, 1.165) is 5.82 Å². The van der Waals surface area contributed by atoms with Crippen molar-refractivity contribution < 1.29 is 4.57 Å². The topological polar surface area (TPSA) is 21.7 Å². The summed E-state index contributed by atoms with van der Waals surface area (Å²) in [6.45, 7) is 11.0. The molecule has 0 fully saturated rings. The van der Waals surface area contributed by atoms with Crippen LogP contribution < -0.4 is 4.57 Å². The number of pyridine rings is 1. The van der Waals surface area contributed by atoms with Gasteiger partial charge in [-0.2, -0.15) is 4.57 Å². The van der Waals surface area contributed by atoms with Gasteiger partial charge in [-0.3, -0.25) is 0 Å². The minimum Gasteiger partial charge on any atom is -0.234 e. The third-order valence-corrected chi connectivity index (χ3v) is 3.13. The molecule has 0 spiro atoms. The third kappa shape index (κ3) is 2.61. The van der Waals surface area contributed by atoms with E-state index in [1.165, 1.54) is 5.56 Å². The van der Waals surface area contributed by atoms with Gasteiger partial charge in [-0.05, 0) is 30.9 Å². The highest BCUT2D eigenvalue weighted by Gasteiger charge is 2.16. The van der Waals surface area contributed by atoms with Crippen LogP contribution in [-0.2, 0) is 5.41 Å². The van der Waals surface area contributed by atoms with Crippen LogP contribution >= 0.6 is 0 Å². The van der Waals surface area contributed by atoms with Gasteiger partial charge in [0.15, 0.2) is 0 Å². The van der Waals surface area contributed by atoms with E-state index in [1.807, 2.05) is 6.20 Å². The molecule has 2 aromatic rings. The van der Waals surface area contributed by atoms with Crippen LogP contribution in [0.5, 0.6) is 0 Å². The molecule has 2 heterocycles. The third-order valence-electron chi connectivity index (χ3n) is 3.13. The first-order valence-corrected chi connectivity index (χ1v) is 6.43. The zero-order valence-electron chi connectivity index (χ0n) is 11.9. The predicted molar refractivity (Wildman–Crippen MR) is 72.8 cm³/mol. The first-order chi connectivity index (χ1) is 8.38. The molecule has 0 aliphatic heterocycles. The van der Waals surface area contributed by atoms with E-state index in [9.17, 15) is 0 Å². The number of rotatable bonds is 2. The summed E-state index contributed by atoms with van der Waals surface area (Å²) >= 11 is 0. The summed E-state index contributed by atoms with van der Waals surface area (Å²) < 4.78 is 4.24. The number of nitrogens with zero attached hydrogens (tertiary/aromatic N) is 3. The van der Waals surface area contributed by atoms with E-state index < -0.39 is 0 Å². The van der Waals surface area contributed by atoms with Crippen molar-refractivity contribution in [3.8, 4) is 5.82 Å². The van der Waals surface area contributed by atoms with E-state index in [0.29, 0.717) is 6.04 Å². The molecule has 0 radical (unpaired) electrons. The molecule has 0 aliphatic rings. The SMILES string of the molecule is CC(C)[n+]1ccn(-c2cc(C(C)(C)C)ccn2)c1. The molecule has 0 unspecified atom stereocenters. The molecular formula is C15H22N3+. The maximum absolute atomic E-state index is 4.45. The van der Waals surface area contributed by atoms with E-state index in [4.69, 9.17) is 0 Å². The fraction of sp³-hybridized carbons (Fsp3) is 0.467. The van der Waals surface area contributed by atoms with Gasteiger partial charge >= 0.3 is 0 Å². The zero-order valence-corrected chi connectivity index (χ0v) is 11.9. The fourth-order valence-electron chi connectivity index (χ4n) is 1.84. The lowest BCUT2D eigenvalue weighted by Crippen LogP contribution is -2.33. The van der Waals surface area contributed by atoms with Crippen molar-refractivity contribution in [3.05, 3.63) is 42.6 Å². The lowest BCUT2D eigenvalue weighted by molar-refractivity contribution is -0.715. The molecule has 0 atom stereocenters. The second-order valence-electron chi connectivity index (χ2n) is 6.01. The smallest absolute Gasteiger partial charge is 0.234 e. The lowest BCUT2D eigenvalue weighted by Gasteiger charge is -2.18. The molecule has 0 aliphatic carbocycles. The normalized spacial score (nSPS) is 12.1. The molecule has 0 aromatic carbocycles. The Morgan fingerprint density at radius 3 is 2.56 bits per heavy atom. The van der Waals surface area contributed by atoms with Crippen molar-refractivity contribution in [1.29, 1.82) is 0 Å². The molecular weight excluding hydrogens is 222 g/mol. The summed E-state index contributed by atoms with van der Waals surface area (Å²) in [6.07, 6.45) is 8.10. The number of imidazole rings is 1. The van der Waals surface area contributed by atoms with Crippen molar-refractivity contribution >= 4 is 0 Å². The Hall–Kier alpha value is -1.64. The van der Waals surface area contributed by atoms with Crippen LogP contribution in [0, 0.1) is 0 Å². The average molecular weight is 244 g/mol. The van der Waals surface area contributed by atoms with Crippen LogP contribution in [0.3, 0.4) is 0 Å². The summed E-state index contributed by atoms with van der Waals surface area (Å²) in [5.41, 5.74) is 1.45. The molecule has 0 saturated carbocycles. The van der Waals surface area contributed by atoms with Gasteiger partial charge in [-0.1, -0.05) is 20.8 Å². The van der Waals surface area contributed by atoms with Gasteiger partial charge in [0.05, 0.1) is 6.04 Å². The van der Waals surface area contributed by atoms with Gasteiger partial charge in [-0.15, -0.1) is 0 Å². The van der Waals surface area contributed by atoms with Crippen LogP contribution in [0.4, 0.5) is 0 Å². The second-order valence-corrected chi connectivity index (χ2v) is 6.01. The Bertz CT molecular complexity index is 533. The zero-order chi connectivity index (χ0) is 13.3. The second kappa shape index (κ2) is 4.56. The maximum atomic E-state index is 4.45. The Balaban J connectivity index is 2.38. The Morgan fingerprint density at radius 2 is 2.00 bits per heavy atom. The Labute approximate surface area is 109 Å². The predicted octanol–water partition coefficient (Wildman–Crippen LogP) is 3.04. The number of hydrogen-bond donors (Lipinski definition) is 0. The van der Waals surface area contributed by atoms with Crippen molar-refractivity contribution in [1.82, 2.24) is 9.55 Å². The van der Waals surface area contributed by atoms with E-state index >= 15 is 0 Å². The van der Waals surface area contributed by atoms with E-state index in [-0.39, 0.29) is 5.41 Å². The lowest BCUT2D eigenvalue weighted by atomic mass is 9.88. The fourth-order valence-corrected chi connectivity index (χ4v) is 1.84. The van der Waals surface area contributed by atoms with Gasteiger partial charge in [-0.25, -0.2) is 9.55 Å². The van der Waals surface area contributed by atoms with Gasteiger partial charge in [0.1, 0.15) is 12.4 Å². The largest absolute Gasteiger partial charge is 0.250 e. The number of hydrogen-bond acceptors (Lipinski definition) is 1. The van der Waals surface area contributed by atoms with Gasteiger partial charge < -0.3 is 0 Å². The van der Waals surface area contributed by atoms with Gasteiger partial charge in [0.2, 0.25) is 12.1 Å². The van der Waals surface area contributed by atoms with Gasteiger partial charge in [0.25, 0.3) is 0 Å². The van der Waals surface area contributed by atoms with Crippen molar-refractivity contribution in [2.75, 3.05) is 0 Å². The minimum atomic E-state index is 0.152. The van der Waals surface area contributed by atoms with Crippen molar-refractivity contribution in [3.63, 3.8) is 0 Å². The molecule has 0 bridgehead atoms. The summed E-state index contributed by atoms with van der Waals surface area (Å²) in [5, 5.41) is 0. The first-order valence-electron chi connectivity index (χ1n) is 6.43. The van der Waals surface area contributed by atoms with Gasteiger partial charge in [0, 0.05) is 12.3 Å². The Morgan fingerprint density at radius 1 is 1.28 bits per heavy atom. The van der Waals surface area contributed by atoms with Crippen LogP contribution in [-0.4, -0.2) is 9.55 Å². The monoisotopic (exact) mass is 244 g/mol. The molecule has 3 nitrogen and oxygen atoms in total. The average Bonchev–Trinajstić information content (AvgIpc) is 2.77. The van der Waals surface area contributed by atoms with Crippen LogP contribution in [0.25, 0.3) is 5.82 Å². The molecule has 3 heteroatoms. The van der Waals surface area contributed by atoms with Crippen LogP contribution in [0.1, 0.15) is 46.2 Å². The van der Waals surface area contributed by atoms with E-state index in [2.05, 4.69) is 79.6 Å². The van der Waals surface area contributed by atoms with Crippen LogP contribution in [0.15, 0.2) is 37.1 Å². The molecule has 0 saturated heterocycles. The molecule has 2 rings (SSSR count). The number of aromatic nitrogens is 3. The molecule has 0 amide bonds. The van der Waals surface area contributed by atoms with Crippen LogP contribution in [0.2, 0.25) is 0 Å². The Kier molecular flexibility index (Phi) is 3.24. The highest BCUT2D eigenvalue weighted by atomic mass is 15.2. The summed E-state index contributed by atoms with van der Waals surface area (Å²) in [7, 11) is 0. The van der Waals surface area contributed by atoms with E-state index in [1.54, 1.807) is 0 Å². The summed E-state index contributed by atoms with van der Waals surface area (Å²) in [6, 6.07) is 4.71. The quantitative estimate of drug-likeness (QED) is 0.744. The maximum Gasteiger partial charge on any atom is 0.250 e. The minimum absolute atomic E-state index is 0.152. The molecule has 2 aromatic heterocycles. The first kappa shape index (κ1) is 12.8. The standard InChI is InChI=1S/C15H22N3/c1-12(2)17-8-9-18(11-17)14-10-13(6-7-16-14)15(3,4)5/h6-12H,1-5H3/q+1. The summed E-state index contributed by atoms with van der Waals surface area (Å²) in [5.74, 6) is 0.974. The molecule has 18 heavy (non-hydrogen) atoms. The summed E-state index contributed by atoms with van der Waals surface area (Å²) in [4.78, 5) is 4.45. The van der Waals surface area contributed by atoms with Crippen molar-refractivity contribution in [2.24, 2.45) is 0 Å². The highest BCUT2D eigenvalue weighted by molar-refractivity contribution is 5.31. The molecule has 96 valence electrons. The highest BCUT2D eigenvalue weighted by Crippen LogP contribution is 2.22. The molecule has 0 N–H and O–H groups in total. The van der Waals surface area contributed by atoms with Crippen molar-refractivity contribution in [2.45, 2.75) is 46.1 Å².